The summed E-state index contributed by atoms with van der Waals surface area (Å²) in [6.45, 7) is 13.7. The lowest BCUT2D eigenvalue weighted by atomic mass is 9.85. The summed E-state index contributed by atoms with van der Waals surface area (Å²) in [6.07, 6.45) is 4.04. The van der Waals surface area contributed by atoms with Gasteiger partial charge < -0.3 is 23.2 Å². The summed E-state index contributed by atoms with van der Waals surface area (Å²) in [5, 5.41) is 1.12. The molecule has 1 aliphatic heterocycles. The van der Waals surface area contributed by atoms with Gasteiger partial charge in [-0.05, 0) is 71.3 Å². The van der Waals surface area contributed by atoms with Gasteiger partial charge in [-0.1, -0.05) is 24.9 Å². The Morgan fingerprint density at radius 3 is 2.09 bits per heavy atom. The summed E-state index contributed by atoms with van der Waals surface area (Å²) >= 11 is 0. The molecule has 9 heteroatoms. The zero-order valence-corrected chi connectivity index (χ0v) is 21.9. The number of hydrogen-bond donors (Lipinski definition) is 0. The summed E-state index contributed by atoms with van der Waals surface area (Å²) in [7, 11) is -2.70. The first-order valence-corrected chi connectivity index (χ1v) is 15.1. The second-order valence-corrected chi connectivity index (χ2v) is 14.3. The highest BCUT2D eigenvalue weighted by Crippen LogP contribution is 2.27. The second kappa shape index (κ2) is 10.6. The van der Waals surface area contributed by atoms with Gasteiger partial charge in [0.25, 0.3) is 0 Å². The van der Waals surface area contributed by atoms with Crippen molar-refractivity contribution in [2.75, 3.05) is 0 Å². The average Bonchev–Trinajstić information content (AvgIpc) is 3.29. The van der Waals surface area contributed by atoms with E-state index in [9.17, 15) is 9.59 Å². The Balaban J connectivity index is 1.69. The van der Waals surface area contributed by atoms with E-state index in [0.717, 1.165) is 24.0 Å². The maximum atomic E-state index is 12.5. The van der Waals surface area contributed by atoms with Crippen LogP contribution in [-0.4, -0.2) is 51.5 Å². The van der Waals surface area contributed by atoms with Crippen LogP contribution < -0.4 is 5.38 Å². The van der Waals surface area contributed by atoms with Crippen molar-refractivity contribution in [3.05, 3.63) is 28.7 Å². The minimum atomic E-state index is -1.97. The smallest absolute Gasteiger partial charge is 0.462 e. The maximum Gasteiger partial charge on any atom is 0.462 e. The Bertz CT molecular complexity index is 860. The molecule has 2 aliphatic rings. The molecule has 0 radical (unpaired) electrons. The molecule has 182 valence electrons. The number of ether oxygens (including phenoxy) is 2. The lowest BCUT2D eigenvalue weighted by Crippen LogP contribution is -2.40. The molecule has 0 spiro atoms. The first kappa shape index (κ1) is 25.8. The largest absolute Gasteiger partial charge is 0.470 e. The van der Waals surface area contributed by atoms with Crippen molar-refractivity contribution in [3.63, 3.8) is 0 Å². The quantitative estimate of drug-likeness (QED) is 0.418. The number of fused-ring (bicyclic) bond motifs is 1. The molecule has 0 aromatic carbocycles. The molecule has 0 saturated carbocycles. The highest BCUT2D eigenvalue weighted by molar-refractivity contribution is 6.93. The molecule has 0 unspecified atom stereocenters. The van der Waals surface area contributed by atoms with Crippen molar-refractivity contribution in [1.29, 1.82) is 0 Å². The number of hydrogen-bond acceptors (Lipinski definition) is 7. The minimum absolute atomic E-state index is 0.323. The lowest BCUT2D eigenvalue weighted by molar-refractivity contribution is -0.167. The van der Waals surface area contributed by atoms with Gasteiger partial charge in [0.05, 0.1) is 17.6 Å². The minimum Gasteiger partial charge on any atom is -0.470 e. The van der Waals surface area contributed by atoms with E-state index in [0.29, 0.717) is 6.32 Å². The van der Waals surface area contributed by atoms with E-state index in [-0.39, 0.29) is 12.2 Å². The Morgan fingerprint density at radius 1 is 1.03 bits per heavy atom. The number of aryl methyl sites for hydroxylation is 1. The SMILES string of the molecule is Cc1c([Si](C)(C)/C=C/CB2O[C@@H](C(=O)OC(C)C)[C@H](C(=O)OC(C)C)O2)oc2c1CCCC2. The zero-order valence-electron chi connectivity index (χ0n) is 20.9. The summed E-state index contributed by atoms with van der Waals surface area (Å²) in [4.78, 5) is 25.0. The third-order valence-corrected chi connectivity index (χ3v) is 8.64. The van der Waals surface area contributed by atoms with E-state index >= 15 is 0 Å². The molecule has 2 heterocycles. The summed E-state index contributed by atoms with van der Waals surface area (Å²) in [5.41, 5.74) is 4.90. The fourth-order valence-electron chi connectivity index (χ4n) is 4.46. The van der Waals surface area contributed by atoms with Crippen LogP contribution in [-0.2, 0) is 41.2 Å². The van der Waals surface area contributed by atoms with Gasteiger partial charge in [-0.2, -0.15) is 0 Å². The van der Waals surface area contributed by atoms with Crippen LogP contribution in [0.25, 0.3) is 0 Å². The van der Waals surface area contributed by atoms with Gasteiger partial charge in [-0.3, -0.25) is 0 Å². The molecule has 1 aromatic rings. The van der Waals surface area contributed by atoms with E-state index in [1.165, 1.54) is 24.0 Å². The molecule has 2 atom stereocenters. The van der Waals surface area contributed by atoms with E-state index in [1.54, 1.807) is 27.7 Å². The molecule has 0 N–H and O–H groups in total. The molecule has 1 aliphatic carbocycles. The van der Waals surface area contributed by atoms with Crippen LogP contribution in [0.1, 0.15) is 57.4 Å². The highest BCUT2D eigenvalue weighted by atomic mass is 28.3. The molecule has 33 heavy (non-hydrogen) atoms. The summed E-state index contributed by atoms with van der Waals surface area (Å²) in [5.74, 6) is -0.0782. The van der Waals surface area contributed by atoms with Crippen LogP contribution in [0.5, 0.6) is 0 Å². The van der Waals surface area contributed by atoms with Crippen LogP contribution in [0, 0.1) is 6.92 Å². The van der Waals surface area contributed by atoms with Gasteiger partial charge >= 0.3 is 19.1 Å². The van der Waals surface area contributed by atoms with Crippen molar-refractivity contribution >= 4 is 32.5 Å². The third kappa shape index (κ3) is 6.19. The van der Waals surface area contributed by atoms with Crippen molar-refractivity contribution in [3.8, 4) is 0 Å². The Labute approximate surface area is 198 Å². The van der Waals surface area contributed by atoms with E-state index < -0.39 is 39.3 Å². The van der Waals surface area contributed by atoms with Crippen molar-refractivity contribution < 1.29 is 32.8 Å². The Hall–Kier alpha value is -1.84. The van der Waals surface area contributed by atoms with Crippen LogP contribution in [0.3, 0.4) is 0 Å². The van der Waals surface area contributed by atoms with Crippen LogP contribution in [0.2, 0.25) is 19.4 Å². The average molecular weight is 476 g/mol. The topological polar surface area (TPSA) is 84.2 Å². The number of carbonyl (C=O) groups is 2. The van der Waals surface area contributed by atoms with Crippen molar-refractivity contribution in [2.24, 2.45) is 0 Å². The molecule has 1 aromatic heterocycles. The van der Waals surface area contributed by atoms with E-state index in [4.69, 9.17) is 23.2 Å². The first-order valence-electron chi connectivity index (χ1n) is 12.0. The molecule has 0 bridgehead atoms. The standard InChI is InChI=1S/C24H37BO7Si/c1-15(2)28-22(26)20-21(23(27)29-16(3)4)32-25(31-20)13-10-14-33(6,7)24-17(5)18-11-8-9-12-19(18)30-24/h10,14-16,20-21H,8-9,11-13H2,1-7H3/b14-10+/t20-,21-/m1/s1. The van der Waals surface area contributed by atoms with E-state index in [2.05, 4.69) is 25.7 Å². The maximum absolute atomic E-state index is 12.5. The van der Waals surface area contributed by atoms with Crippen LogP contribution in [0.15, 0.2) is 16.2 Å². The number of furan rings is 1. The van der Waals surface area contributed by atoms with Crippen LogP contribution >= 0.6 is 0 Å². The van der Waals surface area contributed by atoms with Crippen molar-refractivity contribution in [2.45, 2.75) is 104 Å². The van der Waals surface area contributed by atoms with E-state index in [1.807, 2.05) is 6.08 Å². The van der Waals surface area contributed by atoms with Crippen LogP contribution in [0.4, 0.5) is 0 Å². The molecule has 1 fully saturated rings. The number of carbonyl (C=O) groups excluding carboxylic acids is 2. The first-order chi connectivity index (χ1) is 15.5. The normalized spacial score (nSPS) is 21.2. The molecular weight excluding hydrogens is 439 g/mol. The number of esters is 2. The lowest BCUT2D eigenvalue weighted by Gasteiger charge is -2.18. The summed E-state index contributed by atoms with van der Waals surface area (Å²) < 4.78 is 28.4. The fourth-order valence-corrected chi connectivity index (χ4v) is 6.84. The number of rotatable bonds is 8. The predicted molar refractivity (Wildman–Crippen MR) is 129 cm³/mol. The molecular formula is C24H37BO7Si. The van der Waals surface area contributed by atoms with Gasteiger partial charge in [0.1, 0.15) is 13.8 Å². The molecule has 3 rings (SSSR count). The predicted octanol–water partition coefficient (Wildman–Crippen LogP) is 3.65. The van der Waals surface area contributed by atoms with Gasteiger partial charge in [-0.25, -0.2) is 9.59 Å². The van der Waals surface area contributed by atoms with Crippen molar-refractivity contribution in [1.82, 2.24) is 0 Å². The summed E-state index contributed by atoms with van der Waals surface area (Å²) in [6, 6.07) is 0. The third-order valence-electron chi connectivity index (χ3n) is 5.92. The second-order valence-electron chi connectivity index (χ2n) is 10.0. The molecule has 7 nitrogen and oxygen atoms in total. The zero-order chi connectivity index (χ0) is 24.3. The fraction of sp³-hybridized carbons (Fsp3) is 0.667. The van der Waals surface area contributed by atoms with Gasteiger partial charge in [0.2, 0.25) is 0 Å². The Morgan fingerprint density at radius 2 is 1.58 bits per heavy atom. The Kier molecular flexibility index (Phi) is 8.29. The van der Waals surface area contributed by atoms with Gasteiger partial charge in [0, 0.05) is 6.42 Å². The molecule has 1 saturated heterocycles. The monoisotopic (exact) mass is 476 g/mol. The molecule has 0 amide bonds. The van der Waals surface area contributed by atoms with Gasteiger partial charge in [0.15, 0.2) is 12.2 Å². The highest BCUT2D eigenvalue weighted by Gasteiger charge is 2.49. The van der Waals surface area contributed by atoms with Gasteiger partial charge in [-0.15, -0.1) is 0 Å². The number of allylic oxidation sites excluding steroid dienone is 1.